The van der Waals surface area contributed by atoms with Crippen LogP contribution in [0.15, 0.2) is 30.3 Å². The van der Waals surface area contributed by atoms with Gasteiger partial charge in [-0.05, 0) is 17.9 Å². The van der Waals surface area contributed by atoms with Crippen LogP contribution >= 0.6 is 0 Å². The minimum absolute atomic E-state index is 0.0265. The van der Waals surface area contributed by atoms with Crippen LogP contribution < -0.4 is 5.73 Å². The molecule has 1 heterocycles. The normalized spacial score (nSPS) is 20.6. The monoisotopic (exact) mass is 290 g/mol. The Morgan fingerprint density at radius 3 is 2.71 bits per heavy atom. The zero-order chi connectivity index (χ0) is 15.2. The Hall–Kier alpha value is -1.39. The molecule has 1 aliphatic heterocycles. The lowest BCUT2D eigenvalue weighted by Crippen LogP contribution is -2.46. The molecule has 1 amide bonds. The summed E-state index contributed by atoms with van der Waals surface area (Å²) in [5.74, 6) is 0.586. The second-order valence-corrected chi connectivity index (χ2v) is 6.12. The summed E-state index contributed by atoms with van der Waals surface area (Å²) in [5.41, 5.74) is 6.92. The van der Waals surface area contributed by atoms with Gasteiger partial charge < -0.3 is 15.4 Å². The Morgan fingerprint density at radius 2 is 2.10 bits per heavy atom. The highest BCUT2D eigenvalue weighted by Gasteiger charge is 2.29. The van der Waals surface area contributed by atoms with Crippen LogP contribution in [0.5, 0.6) is 0 Å². The maximum Gasteiger partial charge on any atom is 0.227 e. The molecule has 1 saturated heterocycles. The highest BCUT2D eigenvalue weighted by atomic mass is 16.5. The van der Waals surface area contributed by atoms with E-state index in [1.807, 2.05) is 35.2 Å². The molecular weight excluding hydrogens is 264 g/mol. The van der Waals surface area contributed by atoms with E-state index in [0.29, 0.717) is 32.2 Å². The molecule has 0 saturated carbocycles. The van der Waals surface area contributed by atoms with Gasteiger partial charge in [0.05, 0.1) is 19.1 Å². The van der Waals surface area contributed by atoms with E-state index in [9.17, 15) is 4.79 Å². The van der Waals surface area contributed by atoms with Crippen LogP contribution in [0.2, 0.25) is 0 Å². The lowest BCUT2D eigenvalue weighted by atomic mass is 9.95. The number of hydrogen-bond acceptors (Lipinski definition) is 3. The largest absolute Gasteiger partial charge is 0.370 e. The fourth-order valence-electron chi connectivity index (χ4n) is 2.84. The van der Waals surface area contributed by atoms with Crippen LogP contribution in [0.3, 0.4) is 0 Å². The number of amides is 1. The quantitative estimate of drug-likeness (QED) is 0.904. The molecule has 0 bridgehead atoms. The smallest absolute Gasteiger partial charge is 0.227 e. The summed E-state index contributed by atoms with van der Waals surface area (Å²) in [6, 6.07) is 10.1. The van der Waals surface area contributed by atoms with Crippen molar-refractivity contribution in [1.29, 1.82) is 0 Å². The molecule has 2 N–H and O–H groups in total. The fourth-order valence-corrected chi connectivity index (χ4v) is 2.84. The van der Waals surface area contributed by atoms with Gasteiger partial charge in [0.15, 0.2) is 0 Å². The van der Waals surface area contributed by atoms with Gasteiger partial charge in [-0.1, -0.05) is 44.2 Å². The molecule has 21 heavy (non-hydrogen) atoms. The highest BCUT2D eigenvalue weighted by molar-refractivity contribution is 5.79. The zero-order valence-electron chi connectivity index (χ0n) is 13.0. The molecule has 1 aromatic carbocycles. The molecule has 2 atom stereocenters. The maximum atomic E-state index is 12.6. The standard InChI is InChI=1S/C17H26N2O2/c1-13(2)10-15(11-18)17(20)19-8-9-21-16(12-19)14-6-4-3-5-7-14/h3-7,13,15-16H,8-12,18H2,1-2H3. The van der Waals surface area contributed by atoms with E-state index in [-0.39, 0.29) is 17.9 Å². The van der Waals surface area contributed by atoms with Crippen LogP contribution in [0.25, 0.3) is 0 Å². The van der Waals surface area contributed by atoms with Crippen LogP contribution in [-0.2, 0) is 9.53 Å². The second-order valence-electron chi connectivity index (χ2n) is 6.12. The number of nitrogens with zero attached hydrogens (tertiary/aromatic N) is 1. The van der Waals surface area contributed by atoms with Crippen LogP contribution in [0, 0.1) is 11.8 Å². The number of rotatable bonds is 5. The van der Waals surface area contributed by atoms with E-state index < -0.39 is 0 Å². The van der Waals surface area contributed by atoms with E-state index in [0.717, 1.165) is 12.0 Å². The van der Waals surface area contributed by atoms with Gasteiger partial charge in [0.2, 0.25) is 5.91 Å². The van der Waals surface area contributed by atoms with Gasteiger partial charge in [-0.2, -0.15) is 0 Å². The topological polar surface area (TPSA) is 55.6 Å². The third kappa shape index (κ3) is 4.29. The molecule has 1 aromatic rings. The van der Waals surface area contributed by atoms with Crippen molar-refractivity contribution in [3.8, 4) is 0 Å². The molecule has 1 fully saturated rings. The number of ether oxygens (including phenoxy) is 1. The Balaban J connectivity index is 2.01. The summed E-state index contributed by atoms with van der Waals surface area (Å²) in [6.07, 6.45) is 0.823. The summed E-state index contributed by atoms with van der Waals surface area (Å²) in [7, 11) is 0. The predicted octanol–water partition coefficient (Wildman–Crippen LogP) is 2.21. The first-order valence-electron chi connectivity index (χ1n) is 7.77. The average molecular weight is 290 g/mol. The van der Waals surface area contributed by atoms with E-state index >= 15 is 0 Å². The summed E-state index contributed by atoms with van der Waals surface area (Å²) in [5, 5.41) is 0. The number of carbonyl (C=O) groups is 1. The first kappa shape index (κ1) is 16.0. The highest BCUT2D eigenvalue weighted by Crippen LogP contribution is 2.24. The van der Waals surface area contributed by atoms with Gasteiger partial charge in [0.1, 0.15) is 6.10 Å². The van der Waals surface area contributed by atoms with Crippen LogP contribution in [0.4, 0.5) is 0 Å². The van der Waals surface area contributed by atoms with Crippen LogP contribution in [-0.4, -0.2) is 37.0 Å². The van der Waals surface area contributed by atoms with Crippen molar-refractivity contribution in [2.45, 2.75) is 26.4 Å². The number of carbonyl (C=O) groups excluding carboxylic acids is 1. The third-order valence-electron chi connectivity index (χ3n) is 3.94. The van der Waals surface area contributed by atoms with Crippen molar-refractivity contribution < 1.29 is 9.53 Å². The van der Waals surface area contributed by atoms with Crippen molar-refractivity contribution in [2.24, 2.45) is 17.6 Å². The molecule has 1 aliphatic rings. The van der Waals surface area contributed by atoms with Crippen molar-refractivity contribution >= 4 is 5.91 Å². The van der Waals surface area contributed by atoms with Gasteiger partial charge >= 0.3 is 0 Å². The Kier molecular flexibility index (Phi) is 5.76. The molecule has 2 rings (SSSR count). The Morgan fingerprint density at radius 1 is 1.38 bits per heavy atom. The van der Waals surface area contributed by atoms with E-state index in [2.05, 4.69) is 13.8 Å². The van der Waals surface area contributed by atoms with Crippen molar-refractivity contribution in [3.63, 3.8) is 0 Å². The predicted molar refractivity (Wildman–Crippen MR) is 83.7 cm³/mol. The Labute approximate surface area is 127 Å². The molecule has 116 valence electrons. The molecule has 0 radical (unpaired) electrons. The SMILES string of the molecule is CC(C)CC(CN)C(=O)N1CCOC(c2ccccc2)C1. The summed E-state index contributed by atoms with van der Waals surface area (Å²) in [6.45, 7) is 6.55. The minimum Gasteiger partial charge on any atom is -0.370 e. The van der Waals surface area contributed by atoms with Gasteiger partial charge in [0.25, 0.3) is 0 Å². The summed E-state index contributed by atoms with van der Waals surface area (Å²) >= 11 is 0. The summed E-state index contributed by atoms with van der Waals surface area (Å²) in [4.78, 5) is 14.5. The van der Waals surface area contributed by atoms with Crippen LogP contribution in [0.1, 0.15) is 31.9 Å². The van der Waals surface area contributed by atoms with Crippen molar-refractivity contribution in [3.05, 3.63) is 35.9 Å². The molecule has 4 heteroatoms. The van der Waals surface area contributed by atoms with Gasteiger partial charge in [-0.25, -0.2) is 0 Å². The molecule has 0 spiro atoms. The van der Waals surface area contributed by atoms with E-state index in [4.69, 9.17) is 10.5 Å². The second kappa shape index (κ2) is 7.57. The lowest BCUT2D eigenvalue weighted by Gasteiger charge is -2.35. The number of nitrogens with two attached hydrogens (primary N) is 1. The molecule has 0 aliphatic carbocycles. The van der Waals surface area contributed by atoms with E-state index in [1.54, 1.807) is 0 Å². The average Bonchev–Trinajstić information content (AvgIpc) is 2.52. The number of morpholine rings is 1. The van der Waals surface area contributed by atoms with Gasteiger partial charge in [-0.3, -0.25) is 4.79 Å². The van der Waals surface area contributed by atoms with Crippen molar-refractivity contribution in [2.75, 3.05) is 26.2 Å². The molecule has 4 nitrogen and oxygen atoms in total. The Bertz CT molecular complexity index is 447. The zero-order valence-corrected chi connectivity index (χ0v) is 13.0. The molecule has 0 aromatic heterocycles. The first-order valence-corrected chi connectivity index (χ1v) is 7.77. The van der Waals surface area contributed by atoms with Gasteiger partial charge in [-0.15, -0.1) is 0 Å². The minimum atomic E-state index is -0.0699. The fraction of sp³-hybridized carbons (Fsp3) is 0.588. The number of benzene rings is 1. The summed E-state index contributed by atoms with van der Waals surface area (Å²) < 4.78 is 5.81. The number of hydrogen-bond donors (Lipinski definition) is 1. The van der Waals surface area contributed by atoms with E-state index in [1.165, 1.54) is 0 Å². The van der Waals surface area contributed by atoms with Crippen molar-refractivity contribution in [1.82, 2.24) is 4.90 Å². The molecular formula is C17H26N2O2. The van der Waals surface area contributed by atoms with Gasteiger partial charge in [0, 0.05) is 13.1 Å². The lowest BCUT2D eigenvalue weighted by molar-refractivity contribution is -0.143. The molecule has 2 unspecified atom stereocenters. The third-order valence-corrected chi connectivity index (χ3v) is 3.94. The first-order chi connectivity index (χ1) is 10.1. The maximum absolute atomic E-state index is 12.6.